The third-order valence-electron chi connectivity index (χ3n) is 6.16. The topological polar surface area (TPSA) is 92.8 Å². The van der Waals surface area contributed by atoms with Crippen LogP contribution < -0.4 is 5.32 Å². The number of ether oxygens (including phenoxy) is 1. The average molecular weight is 533 g/mol. The highest BCUT2D eigenvalue weighted by Gasteiger charge is 2.54. The van der Waals surface area contributed by atoms with Crippen molar-refractivity contribution in [2.45, 2.75) is 17.5 Å². The van der Waals surface area contributed by atoms with Gasteiger partial charge in [0.05, 0.1) is 0 Å². The molecule has 0 saturated carbocycles. The fourth-order valence-corrected chi connectivity index (χ4v) is 5.71. The van der Waals surface area contributed by atoms with E-state index in [1.54, 1.807) is 24.3 Å². The number of amides is 2. The second-order valence-electron chi connectivity index (χ2n) is 8.47. The van der Waals surface area contributed by atoms with Crippen molar-refractivity contribution >= 4 is 47.4 Å². The van der Waals surface area contributed by atoms with Gasteiger partial charge in [-0.3, -0.25) is 19.3 Å². The summed E-state index contributed by atoms with van der Waals surface area (Å²) in [4.78, 5) is 52.4. The van der Waals surface area contributed by atoms with Gasteiger partial charge in [0, 0.05) is 21.9 Å². The summed E-state index contributed by atoms with van der Waals surface area (Å²) in [6.45, 7) is 0. The molecule has 2 amide bonds. The number of benzene rings is 3. The number of fused-ring (bicyclic) bond motifs is 1. The lowest BCUT2D eigenvalue weighted by Crippen LogP contribution is -2.70. The first-order valence-electron chi connectivity index (χ1n) is 11.5. The van der Waals surface area contributed by atoms with E-state index in [-0.39, 0.29) is 17.0 Å². The van der Waals surface area contributed by atoms with Crippen LogP contribution >= 0.6 is 23.4 Å². The van der Waals surface area contributed by atoms with Crippen molar-refractivity contribution in [2.75, 3.05) is 5.75 Å². The van der Waals surface area contributed by atoms with Gasteiger partial charge in [-0.1, -0.05) is 72.3 Å². The molecule has 1 unspecified atom stereocenters. The molecule has 0 aliphatic carbocycles. The second-order valence-corrected chi connectivity index (χ2v) is 10.0. The highest BCUT2D eigenvalue weighted by atomic mass is 35.5. The monoisotopic (exact) mass is 532 g/mol. The Morgan fingerprint density at radius 3 is 2.14 bits per heavy atom. The molecule has 2 aliphatic rings. The van der Waals surface area contributed by atoms with Gasteiger partial charge in [0.25, 0.3) is 11.8 Å². The fraction of sp³-hybridized carbons (Fsp3) is 0.143. The molecule has 0 bridgehead atoms. The smallest absolute Gasteiger partial charge is 0.356 e. The summed E-state index contributed by atoms with van der Waals surface area (Å²) >= 11 is 7.19. The molecule has 2 heterocycles. The van der Waals surface area contributed by atoms with Gasteiger partial charge in [-0.25, -0.2) is 4.79 Å². The van der Waals surface area contributed by atoms with Crippen LogP contribution in [0.4, 0.5) is 0 Å². The van der Waals surface area contributed by atoms with Gasteiger partial charge in [0.2, 0.25) is 0 Å². The van der Waals surface area contributed by atoms with Gasteiger partial charge >= 0.3 is 5.97 Å². The van der Waals surface area contributed by atoms with Gasteiger partial charge in [-0.05, 0) is 35.4 Å². The number of nitrogens with one attached hydrogen (secondary N) is 1. The maximum absolute atomic E-state index is 13.5. The summed E-state index contributed by atoms with van der Waals surface area (Å²) in [5, 5.41) is 2.68. The maximum atomic E-state index is 13.5. The van der Waals surface area contributed by atoms with Crippen LogP contribution in [0, 0.1) is 0 Å². The Kier molecular flexibility index (Phi) is 7.12. The molecule has 7 nitrogen and oxygen atoms in total. The van der Waals surface area contributed by atoms with E-state index in [4.69, 9.17) is 16.3 Å². The first-order valence-corrected chi connectivity index (χ1v) is 12.9. The Morgan fingerprint density at radius 2 is 1.57 bits per heavy atom. The van der Waals surface area contributed by atoms with Crippen LogP contribution in [0.1, 0.15) is 27.6 Å². The first kappa shape index (κ1) is 24.8. The number of β-lactam (4-membered cyclic amide) rings is 1. The molecule has 1 N–H and O–H groups in total. The SMILES string of the molecule is O=CC1=C(C(=O)OC(c2ccccc2)c2ccccc2)N2C(=O)C(NC(=O)c3ccc(Cl)cc3)[C@H]2SC1. The van der Waals surface area contributed by atoms with Crippen molar-refractivity contribution in [3.8, 4) is 0 Å². The summed E-state index contributed by atoms with van der Waals surface area (Å²) < 4.78 is 5.93. The maximum Gasteiger partial charge on any atom is 0.356 e. The number of carbonyl (C=O) groups excluding carboxylic acids is 4. The first-order chi connectivity index (χ1) is 18.0. The molecule has 2 aliphatic heterocycles. The number of carbonyl (C=O) groups is 4. The second kappa shape index (κ2) is 10.6. The Balaban J connectivity index is 1.38. The summed E-state index contributed by atoms with van der Waals surface area (Å²) in [6, 6.07) is 23.9. The van der Waals surface area contributed by atoms with Gasteiger partial charge in [-0.15, -0.1) is 11.8 Å². The molecule has 37 heavy (non-hydrogen) atoms. The zero-order valence-electron chi connectivity index (χ0n) is 19.4. The van der Waals surface area contributed by atoms with Crippen LogP contribution in [0.25, 0.3) is 0 Å². The predicted molar refractivity (Wildman–Crippen MR) is 140 cm³/mol. The molecule has 3 aromatic rings. The van der Waals surface area contributed by atoms with Crippen molar-refractivity contribution in [1.29, 1.82) is 0 Å². The van der Waals surface area contributed by atoms with Crippen LogP contribution in [0.15, 0.2) is 96.2 Å². The summed E-state index contributed by atoms with van der Waals surface area (Å²) in [6.07, 6.45) is -0.160. The van der Waals surface area contributed by atoms with Crippen molar-refractivity contribution in [3.05, 3.63) is 118 Å². The quantitative estimate of drug-likeness (QED) is 0.279. The molecule has 1 saturated heterocycles. The number of thioether (sulfide) groups is 1. The molecule has 186 valence electrons. The van der Waals surface area contributed by atoms with Crippen molar-refractivity contribution < 1.29 is 23.9 Å². The largest absolute Gasteiger partial charge is 0.448 e. The minimum atomic E-state index is -0.844. The van der Waals surface area contributed by atoms with Gasteiger partial charge in [0.1, 0.15) is 23.4 Å². The Hall–Kier alpha value is -3.88. The number of rotatable bonds is 7. The van der Waals surface area contributed by atoms with E-state index >= 15 is 0 Å². The van der Waals surface area contributed by atoms with Crippen molar-refractivity contribution in [2.24, 2.45) is 0 Å². The molecule has 0 radical (unpaired) electrons. The Bertz CT molecular complexity index is 1340. The van der Waals surface area contributed by atoms with Crippen LogP contribution in [0.5, 0.6) is 0 Å². The van der Waals surface area contributed by atoms with Crippen LogP contribution in [0.3, 0.4) is 0 Å². The minimum absolute atomic E-state index is 0.0856. The van der Waals surface area contributed by atoms with Gasteiger partial charge < -0.3 is 10.1 Å². The number of halogens is 1. The molecule has 5 rings (SSSR count). The number of esters is 1. The van der Waals surface area contributed by atoms with Crippen LogP contribution in [-0.2, 0) is 19.1 Å². The van der Waals surface area contributed by atoms with E-state index < -0.39 is 35.3 Å². The van der Waals surface area contributed by atoms with Crippen molar-refractivity contribution in [1.82, 2.24) is 10.2 Å². The number of hydrogen-bond donors (Lipinski definition) is 1. The van der Waals surface area contributed by atoms with Crippen molar-refractivity contribution in [3.63, 3.8) is 0 Å². The molecular weight excluding hydrogens is 512 g/mol. The summed E-state index contributed by atoms with van der Waals surface area (Å²) in [5.41, 5.74) is 1.94. The molecule has 0 spiro atoms. The van der Waals surface area contributed by atoms with Gasteiger partial charge in [0.15, 0.2) is 6.10 Å². The Morgan fingerprint density at radius 1 is 0.973 bits per heavy atom. The molecule has 9 heteroatoms. The normalized spacial score (nSPS) is 18.6. The molecule has 2 atom stereocenters. The average Bonchev–Trinajstić information content (AvgIpc) is 2.94. The van der Waals surface area contributed by atoms with E-state index in [9.17, 15) is 19.2 Å². The summed E-state index contributed by atoms with van der Waals surface area (Å²) in [7, 11) is 0. The molecule has 1 fully saturated rings. The standard InChI is InChI=1S/C28H21ClN2O5S/c29-21-13-11-19(12-14-21)25(33)30-22-26(34)31-23(20(15-32)16-37-27(22)31)28(35)36-24(17-7-3-1-4-8-17)18-9-5-2-6-10-18/h1-15,22,24,27H,16H2,(H,30,33)/t22?,27-/m1/s1. The highest BCUT2D eigenvalue weighted by molar-refractivity contribution is 8.00. The van der Waals surface area contributed by atoms with Gasteiger partial charge in [-0.2, -0.15) is 0 Å². The third-order valence-corrected chi connectivity index (χ3v) is 7.71. The third kappa shape index (κ3) is 4.90. The van der Waals surface area contributed by atoms with E-state index in [2.05, 4.69) is 5.32 Å². The van der Waals surface area contributed by atoms with Crippen LogP contribution in [0.2, 0.25) is 5.02 Å². The minimum Gasteiger partial charge on any atom is -0.448 e. The van der Waals surface area contributed by atoms with E-state index in [0.717, 1.165) is 11.1 Å². The molecule has 3 aromatic carbocycles. The summed E-state index contributed by atoms with van der Waals surface area (Å²) in [5.74, 6) is -1.49. The number of nitrogens with zero attached hydrogens (tertiary/aromatic N) is 1. The predicted octanol–water partition coefficient (Wildman–Crippen LogP) is 4.14. The zero-order chi connectivity index (χ0) is 25.9. The van der Waals surface area contributed by atoms with E-state index in [1.807, 2.05) is 60.7 Å². The lowest BCUT2D eigenvalue weighted by molar-refractivity contribution is -0.153. The number of aldehydes is 1. The highest BCUT2D eigenvalue weighted by Crippen LogP contribution is 2.41. The Labute approximate surface area is 222 Å². The number of hydrogen-bond acceptors (Lipinski definition) is 6. The zero-order valence-corrected chi connectivity index (χ0v) is 20.9. The molecular formula is C28H21ClN2O5S. The lowest BCUT2D eigenvalue weighted by Gasteiger charge is -2.49. The fourth-order valence-electron chi connectivity index (χ4n) is 4.30. The van der Waals surface area contributed by atoms with E-state index in [1.165, 1.54) is 16.7 Å². The lowest BCUT2D eigenvalue weighted by atomic mass is 10.0. The molecule has 0 aromatic heterocycles. The van der Waals surface area contributed by atoms with E-state index in [0.29, 0.717) is 16.9 Å². The van der Waals surface area contributed by atoms with Crippen LogP contribution in [-0.4, -0.2) is 46.1 Å².